The first-order chi connectivity index (χ1) is 12.4. The predicted octanol–water partition coefficient (Wildman–Crippen LogP) is 2.80. The first kappa shape index (κ1) is 16.8. The van der Waals surface area contributed by atoms with Crippen LogP contribution in [0, 0.1) is 18.8 Å². The number of rotatable bonds is 2. The van der Waals surface area contributed by atoms with E-state index in [9.17, 15) is 9.59 Å². The second kappa shape index (κ2) is 5.95. The van der Waals surface area contributed by atoms with Gasteiger partial charge in [-0.2, -0.15) is 0 Å². The number of hydrogen-bond acceptors (Lipinski definition) is 5. The summed E-state index contributed by atoms with van der Waals surface area (Å²) in [7, 11) is 1.69. The molecule has 0 saturated carbocycles. The Balaban J connectivity index is 1.96. The zero-order valence-corrected chi connectivity index (χ0v) is 16.0. The van der Waals surface area contributed by atoms with Crippen molar-refractivity contribution in [2.45, 2.75) is 13.8 Å². The maximum absolute atomic E-state index is 13.0. The van der Waals surface area contributed by atoms with Gasteiger partial charge in [-0.05, 0) is 38.1 Å². The molecule has 0 unspecified atom stereocenters. The van der Waals surface area contributed by atoms with Crippen LogP contribution in [0.4, 0.5) is 0 Å². The van der Waals surface area contributed by atoms with Crippen LogP contribution < -0.4 is 5.84 Å². The van der Waals surface area contributed by atoms with Gasteiger partial charge in [0, 0.05) is 11.9 Å². The second-order valence-electron chi connectivity index (χ2n) is 5.94. The third-order valence-corrected chi connectivity index (χ3v) is 6.33. The van der Waals surface area contributed by atoms with Crippen LogP contribution in [0.2, 0.25) is 0 Å². The van der Waals surface area contributed by atoms with Crippen LogP contribution in [0.25, 0.3) is 11.4 Å². The average Bonchev–Trinajstić information content (AvgIpc) is 3.34. The van der Waals surface area contributed by atoms with E-state index in [1.807, 2.05) is 31.2 Å². The number of hydrogen-bond donors (Lipinski definition) is 1. The van der Waals surface area contributed by atoms with Crippen LogP contribution in [0.1, 0.15) is 26.4 Å². The molecule has 0 aromatic carbocycles. The number of amides is 2. The van der Waals surface area contributed by atoms with Crippen LogP contribution in [-0.2, 0) is 9.59 Å². The van der Waals surface area contributed by atoms with Gasteiger partial charge in [0.1, 0.15) is 0 Å². The Bertz CT molecular complexity index is 1090. The second-order valence-corrected chi connectivity index (χ2v) is 8.31. The van der Waals surface area contributed by atoms with Gasteiger partial charge in [0.05, 0.1) is 37.2 Å². The van der Waals surface area contributed by atoms with Crippen molar-refractivity contribution in [1.29, 1.82) is 0 Å². The lowest BCUT2D eigenvalue weighted by Gasteiger charge is -2.17. The SMILES string of the molecule is CC#Cc1ccc(C2=C3C(=O)N(C)C(c4ccc(C)s4)=C3C(=O)N2N)s1. The molecule has 5 nitrogen and oxygen atoms in total. The van der Waals surface area contributed by atoms with Gasteiger partial charge in [0.15, 0.2) is 0 Å². The quantitative estimate of drug-likeness (QED) is 0.494. The largest absolute Gasteiger partial charge is 0.309 e. The van der Waals surface area contributed by atoms with E-state index in [-0.39, 0.29) is 11.8 Å². The van der Waals surface area contributed by atoms with Crippen molar-refractivity contribution in [3.05, 3.63) is 54.9 Å². The molecule has 0 spiro atoms. The molecule has 2 amide bonds. The molecule has 26 heavy (non-hydrogen) atoms. The number of fused-ring (bicyclic) bond motifs is 1. The third kappa shape index (κ3) is 2.27. The highest BCUT2D eigenvalue weighted by Gasteiger charge is 2.47. The lowest BCUT2D eigenvalue weighted by Crippen LogP contribution is -2.33. The highest BCUT2D eigenvalue weighted by Crippen LogP contribution is 2.46. The minimum absolute atomic E-state index is 0.214. The molecule has 0 fully saturated rings. The molecule has 0 aliphatic carbocycles. The minimum Gasteiger partial charge on any atom is -0.309 e. The van der Waals surface area contributed by atoms with E-state index in [0.717, 1.165) is 24.5 Å². The summed E-state index contributed by atoms with van der Waals surface area (Å²) >= 11 is 2.97. The van der Waals surface area contributed by atoms with E-state index in [2.05, 4.69) is 11.8 Å². The third-order valence-electron chi connectivity index (χ3n) is 4.31. The van der Waals surface area contributed by atoms with Gasteiger partial charge in [-0.25, -0.2) is 10.9 Å². The standard InChI is InChI=1S/C19H15N3O2S2/c1-4-5-11-7-9-13(26-11)17-15-14(19(24)22(17)20)16(21(3)18(15)23)12-8-6-10(2)25-12/h6-9H,20H2,1-3H3. The van der Waals surface area contributed by atoms with E-state index in [4.69, 9.17) is 5.84 Å². The molecule has 4 rings (SSSR count). The van der Waals surface area contributed by atoms with Gasteiger partial charge in [0.2, 0.25) is 0 Å². The summed E-state index contributed by atoms with van der Waals surface area (Å²) in [6, 6.07) is 7.63. The van der Waals surface area contributed by atoms with Crippen LogP contribution in [0.3, 0.4) is 0 Å². The van der Waals surface area contributed by atoms with Gasteiger partial charge in [-0.15, -0.1) is 28.6 Å². The summed E-state index contributed by atoms with van der Waals surface area (Å²) in [6.45, 7) is 3.76. The van der Waals surface area contributed by atoms with Gasteiger partial charge in [-0.1, -0.05) is 5.92 Å². The van der Waals surface area contributed by atoms with Crippen LogP contribution in [-0.4, -0.2) is 28.8 Å². The number of carbonyl (C=O) groups excluding carboxylic acids is 2. The van der Waals surface area contributed by atoms with E-state index < -0.39 is 0 Å². The first-order valence-electron chi connectivity index (χ1n) is 7.90. The Kier molecular flexibility index (Phi) is 3.84. The fraction of sp³-hybridized carbons (Fsp3) is 0.158. The lowest BCUT2D eigenvalue weighted by atomic mass is 10.1. The predicted molar refractivity (Wildman–Crippen MR) is 104 cm³/mol. The zero-order chi connectivity index (χ0) is 18.6. The number of likely N-dealkylation sites (N-methyl/N-ethyl adjacent to an activating group) is 1. The number of carbonyl (C=O) groups is 2. The molecule has 2 aromatic heterocycles. The Morgan fingerprint density at radius 2 is 1.62 bits per heavy atom. The van der Waals surface area contributed by atoms with Gasteiger partial charge >= 0.3 is 0 Å². The lowest BCUT2D eigenvalue weighted by molar-refractivity contribution is -0.123. The van der Waals surface area contributed by atoms with Gasteiger partial charge in [-0.3, -0.25) is 9.59 Å². The molecular formula is C19H15N3O2S2. The van der Waals surface area contributed by atoms with Crippen LogP contribution in [0.15, 0.2) is 35.4 Å². The summed E-state index contributed by atoms with van der Waals surface area (Å²) < 4.78 is 0. The van der Waals surface area contributed by atoms with Crippen molar-refractivity contribution in [2.24, 2.45) is 5.84 Å². The molecule has 0 radical (unpaired) electrons. The van der Waals surface area contributed by atoms with Crippen LogP contribution in [0.5, 0.6) is 0 Å². The zero-order valence-electron chi connectivity index (χ0n) is 14.4. The number of nitrogens with zero attached hydrogens (tertiary/aromatic N) is 2. The van der Waals surface area contributed by atoms with Gasteiger partial charge in [0.25, 0.3) is 11.8 Å². The van der Waals surface area contributed by atoms with E-state index in [1.54, 1.807) is 30.2 Å². The van der Waals surface area contributed by atoms with Gasteiger partial charge < -0.3 is 4.90 Å². The monoisotopic (exact) mass is 381 g/mol. The Labute approximate surface area is 159 Å². The fourth-order valence-electron chi connectivity index (χ4n) is 3.18. The Morgan fingerprint density at radius 1 is 0.962 bits per heavy atom. The van der Waals surface area contributed by atoms with Crippen molar-refractivity contribution in [1.82, 2.24) is 9.91 Å². The van der Waals surface area contributed by atoms with E-state index in [0.29, 0.717) is 22.5 Å². The maximum atomic E-state index is 13.0. The number of thiophene rings is 2. The maximum Gasteiger partial charge on any atom is 0.275 e. The molecule has 7 heteroatoms. The molecule has 2 aromatic rings. The molecule has 2 N–H and O–H groups in total. The molecule has 0 saturated heterocycles. The van der Waals surface area contributed by atoms with E-state index in [1.165, 1.54) is 11.3 Å². The summed E-state index contributed by atoms with van der Waals surface area (Å²) in [5.41, 5.74) is 1.84. The number of hydrazine groups is 1. The van der Waals surface area contributed by atoms with Crippen molar-refractivity contribution >= 4 is 45.9 Å². The molecule has 0 atom stereocenters. The van der Waals surface area contributed by atoms with Crippen molar-refractivity contribution in [3.8, 4) is 11.8 Å². The normalized spacial score (nSPS) is 16.6. The molecular weight excluding hydrogens is 366 g/mol. The Hall–Kier alpha value is -2.66. The van der Waals surface area contributed by atoms with Crippen LogP contribution >= 0.6 is 22.7 Å². The highest BCUT2D eigenvalue weighted by atomic mass is 32.1. The number of aryl methyl sites for hydroxylation is 1. The average molecular weight is 381 g/mol. The first-order valence-corrected chi connectivity index (χ1v) is 9.53. The summed E-state index contributed by atoms with van der Waals surface area (Å²) in [5.74, 6) is 11.3. The topological polar surface area (TPSA) is 66.6 Å². The Morgan fingerprint density at radius 3 is 2.27 bits per heavy atom. The molecule has 2 aliphatic heterocycles. The highest BCUT2D eigenvalue weighted by molar-refractivity contribution is 7.14. The molecule has 0 bridgehead atoms. The molecule has 130 valence electrons. The van der Waals surface area contributed by atoms with Crippen molar-refractivity contribution < 1.29 is 9.59 Å². The molecule has 4 heterocycles. The van der Waals surface area contributed by atoms with Crippen molar-refractivity contribution in [2.75, 3.05) is 7.05 Å². The minimum atomic E-state index is -0.356. The molecule has 2 aliphatic rings. The number of nitrogens with two attached hydrogens (primary N) is 1. The smallest absolute Gasteiger partial charge is 0.275 e. The summed E-state index contributed by atoms with van der Waals surface area (Å²) in [5, 5.41) is 1.09. The summed E-state index contributed by atoms with van der Waals surface area (Å²) in [6.07, 6.45) is 0. The van der Waals surface area contributed by atoms with Crippen molar-refractivity contribution in [3.63, 3.8) is 0 Å². The summed E-state index contributed by atoms with van der Waals surface area (Å²) in [4.78, 5) is 31.0. The van der Waals surface area contributed by atoms with E-state index >= 15 is 0 Å². The fourth-order valence-corrected chi connectivity index (χ4v) is 5.09.